The van der Waals surface area contributed by atoms with Crippen molar-refractivity contribution in [2.75, 3.05) is 19.6 Å². The van der Waals surface area contributed by atoms with Crippen molar-refractivity contribution in [1.29, 1.82) is 0 Å². The van der Waals surface area contributed by atoms with Crippen LogP contribution in [-0.2, 0) is 11.3 Å². The quantitative estimate of drug-likeness (QED) is 0.844. The molecule has 1 aliphatic heterocycles. The molecule has 1 aromatic carbocycles. The molecule has 5 heteroatoms. The molecule has 0 radical (unpaired) electrons. The summed E-state index contributed by atoms with van der Waals surface area (Å²) < 4.78 is 2.21. The lowest BCUT2D eigenvalue weighted by Gasteiger charge is -2.30. The van der Waals surface area contributed by atoms with Gasteiger partial charge in [-0.1, -0.05) is 30.9 Å². The Bertz CT molecular complexity index is 729. The molecule has 2 aromatic rings. The predicted octanol–water partition coefficient (Wildman–Crippen LogP) is 2.78. The van der Waals surface area contributed by atoms with E-state index in [4.69, 9.17) is 5.73 Å². The minimum absolute atomic E-state index is 0.0636. The van der Waals surface area contributed by atoms with Gasteiger partial charge in [0.15, 0.2) is 0 Å². The summed E-state index contributed by atoms with van der Waals surface area (Å²) in [4.78, 5) is 18.2. The number of benzene rings is 1. The summed E-state index contributed by atoms with van der Waals surface area (Å²) in [7, 11) is 0. The van der Waals surface area contributed by atoms with Gasteiger partial charge >= 0.3 is 0 Å². The highest BCUT2D eigenvalue weighted by Gasteiger charge is 2.22. The van der Waals surface area contributed by atoms with Gasteiger partial charge in [-0.15, -0.1) is 0 Å². The SMILES string of the molecule is C=Cc1cccc(-c2nccn2CCCN2CCC(C(N)=O)CC2)c1. The summed E-state index contributed by atoms with van der Waals surface area (Å²) in [6, 6.07) is 8.27. The van der Waals surface area contributed by atoms with Gasteiger partial charge < -0.3 is 15.2 Å². The molecule has 1 aliphatic rings. The van der Waals surface area contributed by atoms with Crippen molar-refractivity contribution < 1.29 is 4.79 Å². The van der Waals surface area contributed by atoms with Crippen LogP contribution in [0.1, 0.15) is 24.8 Å². The van der Waals surface area contributed by atoms with Crippen molar-refractivity contribution >= 4 is 12.0 Å². The average molecular weight is 338 g/mol. The zero-order chi connectivity index (χ0) is 17.6. The van der Waals surface area contributed by atoms with Gasteiger partial charge in [-0.05, 0) is 50.5 Å². The van der Waals surface area contributed by atoms with E-state index in [1.165, 1.54) is 0 Å². The van der Waals surface area contributed by atoms with E-state index in [-0.39, 0.29) is 11.8 Å². The molecule has 0 unspecified atom stereocenters. The first-order valence-electron chi connectivity index (χ1n) is 8.93. The molecule has 1 aromatic heterocycles. The Morgan fingerprint density at radius 3 is 2.84 bits per heavy atom. The number of likely N-dealkylation sites (tertiary alicyclic amines) is 1. The smallest absolute Gasteiger partial charge is 0.220 e. The molecule has 5 nitrogen and oxygen atoms in total. The molecule has 2 N–H and O–H groups in total. The Hall–Kier alpha value is -2.40. The maximum atomic E-state index is 11.2. The first-order valence-corrected chi connectivity index (χ1v) is 8.93. The van der Waals surface area contributed by atoms with Gasteiger partial charge in [0, 0.05) is 30.4 Å². The topological polar surface area (TPSA) is 64.2 Å². The molecular formula is C20H26N4O. The van der Waals surface area contributed by atoms with Crippen molar-refractivity contribution in [3.8, 4) is 11.4 Å². The van der Waals surface area contributed by atoms with Crippen LogP contribution in [0.2, 0.25) is 0 Å². The highest BCUT2D eigenvalue weighted by molar-refractivity contribution is 5.76. The fourth-order valence-corrected chi connectivity index (χ4v) is 3.46. The highest BCUT2D eigenvalue weighted by Crippen LogP contribution is 2.20. The van der Waals surface area contributed by atoms with Crippen LogP contribution in [-0.4, -0.2) is 40.0 Å². The van der Waals surface area contributed by atoms with E-state index in [2.05, 4.69) is 33.2 Å². The number of hydrogen-bond donors (Lipinski definition) is 1. The van der Waals surface area contributed by atoms with Crippen molar-refractivity contribution in [3.63, 3.8) is 0 Å². The van der Waals surface area contributed by atoms with Gasteiger partial charge in [0.1, 0.15) is 5.82 Å². The van der Waals surface area contributed by atoms with E-state index in [1.807, 2.05) is 30.6 Å². The minimum atomic E-state index is -0.149. The van der Waals surface area contributed by atoms with Crippen LogP contribution in [0.3, 0.4) is 0 Å². The van der Waals surface area contributed by atoms with E-state index in [9.17, 15) is 4.79 Å². The number of amides is 1. The van der Waals surface area contributed by atoms with Gasteiger partial charge in [0.2, 0.25) is 5.91 Å². The number of imidazole rings is 1. The van der Waals surface area contributed by atoms with Gasteiger partial charge in [0.05, 0.1) is 0 Å². The number of carbonyl (C=O) groups is 1. The number of aryl methyl sites for hydroxylation is 1. The Labute approximate surface area is 149 Å². The molecule has 0 bridgehead atoms. The molecule has 0 spiro atoms. The lowest BCUT2D eigenvalue weighted by Crippen LogP contribution is -2.39. The number of hydrogen-bond acceptors (Lipinski definition) is 3. The van der Waals surface area contributed by atoms with Gasteiger partial charge in [-0.2, -0.15) is 0 Å². The van der Waals surface area contributed by atoms with Crippen LogP contribution in [0, 0.1) is 5.92 Å². The number of aromatic nitrogens is 2. The summed E-state index contributed by atoms with van der Waals surface area (Å²) in [6.07, 6.45) is 8.59. The normalized spacial score (nSPS) is 16.0. The summed E-state index contributed by atoms with van der Waals surface area (Å²) in [5, 5.41) is 0. The van der Waals surface area contributed by atoms with Crippen molar-refractivity contribution in [1.82, 2.24) is 14.5 Å². The zero-order valence-electron chi connectivity index (χ0n) is 14.6. The standard InChI is InChI=1S/C20H26N4O/c1-2-16-5-3-6-18(15-16)20-22-9-14-24(20)11-4-10-23-12-7-17(8-13-23)19(21)25/h2-3,5-6,9,14-15,17H,1,4,7-8,10-13H2,(H2,21,25). The van der Waals surface area contributed by atoms with E-state index >= 15 is 0 Å². The molecule has 132 valence electrons. The Kier molecular flexibility index (Phi) is 5.66. The second-order valence-electron chi connectivity index (χ2n) is 6.65. The number of nitrogens with zero attached hydrogens (tertiary/aromatic N) is 3. The summed E-state index contributed by atoms with van der Waals surface area (Å²) in [6.45, 7) is 7.73. The summed E-state index contributed by atoms with van der Waals surface area (Å²) in [5.41, 5.74) is 7.61. The van der Waals surface area contributed by atoms with E-state index in [1.54, 1.807) is 0 Å². The summed E-state index contributed by atoms with van der Waals surface area (Å²) in [5.74, 6) is 0.911. The largest absolute Gasteiger partial charge is 0.369 e. The van der Waals surface area contributed by atoms with Crippen molar-refractivity contribution in [2.24, 2.45) is 11.7 Å². The third-order valence-corrected chi connectivity index (χ3v) is 4.96. The number of carbonyl (C=O) groups excluding carboxylic acids is 1. The highest BCUT2D eigenvalue weighted by atomic mass is 16.1. The van der Waals surface area contributed by atoms with Gasteiger partial charge in [0.25, 0.3) is 0 Å². The van der Waals surface area contributed by atoms with Crippen LogP contribution in [0.4, 0.5) is 0 Å². The molecule has 1 saturated heterocycles. The maximum Gasteiger partial charge on any atom is 0.220 e. The molecule has 1 amide bonds. The van der Waals surface area contributed by atoms with Crippen molar-refractivity contribution in [2.45, 2.75) is 25.8 Å². The van der Waals surface area contributed by atoms with E-state index in [0.717, 1.165) is 62.4 Å². The molecule has 3 rings (SSSR count). The second-order valence-corrected chi connectivity index (χ2v) is 6.65. The van der Waals surface area contributed by atoms with Crippen LogP contribution >= 0.6 is 0 Å². The van der Waals surface area contributed by atoms with Crippen LogP contribution in [0.15, 0.2) is 43.2 Å². The van der Waals surface area contributed by atoms with Crippen LogP contribution in [0.25, 0.3) is 17.5 Å². The first-order chi connectivity index (χ1) is 12.2. The van der Waals surface area contributed by atoms with Gasteiger partial charge in [-0.25, -0.2) is 4.98 Å². The molecule has 2 heterocycles. The van der Waals surface area contributed by atoms with Crippen molar-refractivity contribution in [3.05, 3.63) is 48.8 Å². The first kappa shape index (κ1) is 17.4. The minimum Gasteiger partial charge on any atom is -0.369 e. The number of piperidine rings is 1. The number of rotatable bonds is 7. The Morgan fingerprint density at radius 1 is 1.32 bits per heavy atom. The lowest BCUT2D eigenvalue weighted by atomic mass is 9.96. The fraction of sp³-hybridized carbons (Fsp3) is 0.400. The monoisotopic (exact) mass is 338 g/mol. The average Bonchev–Trinajstić information content (AvgIpc) is 3.11. The zero-order valence-corrected chi connectivity index (χ0v) is 14.6. The molecular weight excluding hydrogens is 312 g/mol. The number of primary amides is 1. The van der Waals surface area contributed by atoms with E-state index in [0.29, 0.717) is 0 Å². The third-order valence-electron chi connectivity index (χ3n) is 4.96. The Balaban J connectivity index is 1.54. The fourth-order valence-electron chi connectivity index (χ4n) is 3.46. The molecule has 0 atom stereocenters. The maximum absolute atomic E-state index is 11.2. The van der Waals surface area contributed by atoms with E-state index < -0.39 is 0 Å². The lowest BCUT2D eigenvalue weighted by molar-refractivity contribution is -0.123. The Morgan fingerprint density at radius 2 is 2.12 bits per heavy atom. The molecule has 0 saturated carbocycles. The van der Waals surface area contributed by atoms with Gasteiger partial charge in [-0.3, -0.25) is 4.79 Å². The molecule has 1 fully saturated rings. The second kappa shape index (κ2) is 8.12. The number of nitrogens with two attached hydrogens (primary N) is 1. The third kappa shape index (κ3) is 4.37. The molecule has 25 heavy (non-hydrogen) atoms. The molecule has 0 aliphatic carbocycles. The predicted molar refractivity (Wildman–Crippen MR) is 101 cm³/mol. The van der Waals surface area contributed by atoms with Crippen LogP contribution in [0.5, 0.6) is 0 Å². The van der Waals surface area contributed by atoms with Crippen LogP contribution < -0.4 is 5.73 Å². The summed E-state index contributed by atoms with van der Waals surface area (Å²) >= 11 is 0.